The summed E-state index contributed by atoms with van der Waals surface area (Å²) in [5, 5.41) is 3.64. The van der Waals surface area contributed by atoms with Crippen LogP contribution in [0, 0.1) is 11.3 Å². The predicted octanol–water partition coefficient (Wildman–Crippen LogP) is 1.75. The van der Waals surface area contributed by atoms with E-state index in [1.165, 1.54) is 25.8 Å². The quantitative estimate of drug-likeness (QED) is 0.772. The first-order chi connectivity index (χ1) is 9.63. The molecule has 2 aliphatic rings. The first-order valence-electron chi connectivity index (χ1n) is 8.17. The summed E-state index contributed by atoms with van der Waals surface area (Å²) in [7, 11) is 1.84. The zero-order valence-electron chi connectivity index (χ0n) is 13.5. The summed E-state index contributed by atoms with van der Waals surface area (Å²) in [6.07, 6.45) is 4.08. The second-order valence-corrected chi connectivity index (χ2v) is 7.06. The average Bonchev–Trinajstić information content (AvgIpc) is 2.87. The number of methoxy groups -OCH3 is 1. The van der Waals surface area contributed by atoms with Crippen molar-refractivity contribution in [2.75, 3.05) is 53.0 Å². The number of likely N-dealkylation sites (tertiary alicyclic amines) is 1. The van der Waals surface area contributed by atoms with E-state index < -0.39 is 0 Å². The third-order valence-corrected chi connectivity index (χ3v) is 4.59. The second kappa shape index (κ2) is 7.74. The standard InChI is InChI=1S/C16H32N2O2/c1-14(2)9-17-11-16(6-8-20-13-16)12-18-7-4-5-15(10-18)19-3/h14-15,17H,4-13H2,1-3H3. The summed E-state index contributed by atoms with van der Waals surface area (Å²) in [5.41, 5.74) is 0.310. The molecule has 4 nitrogen and oxygen atoms in total. The molecular weight excluding hydrogens is 252 g/mol. The lowest BCUT2D eigenvalue weighted by molar-refractivity contribution is 0.0115. The predicted molar refractivity (Wildman–Crippen MR) is 82.0 cm³/mol. The van der Waals surface area contributed by atoms with Gasteiger partial charge in [0.05, 0.1) is 12.7 Å². The zero-order valence-corrected chi connectivity index (χ0v) is 13.5. The molecule has 0 aliphatic carbocycles. The largest absolute Gasteiger partial charge is 0.381 e. The third kappa shape index (κ3) is 4.69. The van der Waals surface area contributed by atoms with E-state index in [4.69, 9.17) is 9.47 Å². The van der Waals surface area contributed by atoms with Crippen molar-refractivity contribution in [3.05, 3.63) is 0 Å². The van der Waals surface area contributed by atoms with Crippen LogP contribution in [0.2, 0.25) is 0 Å². The second-order valence-electron chi connectivity index (χ2n) is 7.06. The molecule has 2 fully saturated rings. The van der Waals surface area contributed by atoms with Crippen LogP contribution in [0.5, 0.6) is 0 Å². The highest BCUT2D eigenvalue weighted by atomic mass is 16.5. The Labute approximate surface area is 124 Å². The van der Waals surface area contributed by atoms with Crippen LogP contribution in [0.4, 0.5) is 0 Å². The van der Waals surface area contributed by atoms with E-state index in [9.17, 15) is 0 Å². The third-order valence-electron chi connectivity index (χ3n) is 4.59. The maximum absolute atomic E-state index is 5.71. The lowest BCUT2D eigenvalue weighted by atomic mass is 9.85. The molecule has 2 rings (SSSR count). The minimum Gasteiger partial charge on any atom is -0.381 e. The molecular formula is C16H32N2O2. The molecule has 0 aromatic carbocycles. The van der Waals surface area contributed by atoms with E-state index in [1.54, 1.807) is 0 Å². The Hall–Kier alpha value is -0.160. The normalized spacial score (nSPS) is 32.1. The van der Waals surface area contributed by atoms with Crippen molar-refractivity contribution in [2.45, 2.75) is 39.2 Å². The van der Waals surface area contributed by atoms with Gasteiger partial charge in [-0.15, -0.1) is 0 Å². The van der Waals surface area contributed by atoms with Crippen LogP contribution in [0.25, 0.3) is 0 Å². The Bertz CT molecular complexity index is 278. The number of ether oxygens (including phenoxy) is 2. The zero-order chi connectivity index (χ0) is 14.4. The fourth-order valence-electron chi connectivity index (χ4n) is 3.42. The Morgan fingerprint density at radius 2 is 2.30 bits per heavy atom. The summed E-state index contributed by atoms with van der Waals surface area (Å²) in [6, 6.07) is 0. The number of nitrogens with zero attached hydrogens (tertiary/aromatic N) is 1. The van der Waals surface area contributed by atoms with Crippen molar-refractivity contribution < 1.29 is 9.47 Å². The van der Waals surface area contributed by atoms with E-state index in [-0.39, 0.29) is 0 Å². The van der Waals surface area contributed by atoms with Gasteiger partial charge in [0, 0.05) is 38.8 Å². The molecule has 0 amide bonds. The van der Waals surface area contributed by atoms with E-state index in [1.807, 2.05) is 7.11 Å². The maximum Gasteiger partial charge on any atom is 0.0698 e. The van der Waals surface area contributed by atoms with Gasteiger partial charge in [-0.25, -0.2) is 0 Å². The highest BCUT2D eigenvalue weighted by Gasteiger charge is 2.37. The molecule has 4 heteroatoms. The van der Waals surface area contributed by atoms with Gasteiger partial charge in [0.25, 0.3) is 0 Å². The van der Waals surface area contributed by atoms with E-state index in [0.29, 0.717) is 17.4 Å². The first-order valence-corrected chi connectivity index (χ1v) is 8.17. The highest BCUT2D eigenvalue weighted by molar-refractivity contribution is 4.90. The Balaban J connectivity index is 1.84. The fraction of sp³-hybridized carbons (Fsp3) is 1.00. The van der Waals surface area contributed by atoms with Crippen LogP contribution >= 0.6 is 0 Å². The summed E-state index contributed by atoms with van der Waals surface area (Å²) in [5.74, 6) is 0.710. The van der Waals surface area contributed by atoms with E-state index >= 15 is 0 Å². The maximum atomic E-state index is 5.71. The minimum absolute atomic E-state index is 0.310. The molecule has 2 aliphatic heterocycles. The van der Waals surface area contributed by atoms with Gasteiger partial charge in [-0.2, -0.15) is 0 Å². The summed E-state index contributed by atoms with van der Waals surface area (Å²) < 4.78 is 11.3. The van der Waals surface area contributed by atoms with Crippen LogP contribution in [0.15, 0.2) is 0 Å². The number of piperidine rings is 1. The molecule has 0 aromatic heterocycles. The lowest BCUT2D eigenvalue weighted by Gasteiger charge is -2.38. The van der Waals surface area contributed by atoms with Gasteiger partial charge in [-0.3, -0.25) is 0 Å². The molecule has 0 radical (unpaired) electrons. The highest BCUT2D eigenvalue weighted by Crippen LogP contribution is 2.30. The van der Waals surface area contributed by atoms with Gasteiger partial charge < -0.3 is 19.7 Å². The molecule has 0 spiro atoms. The van der Waals surface area contributed by atoms with E-state index in [0.717, 1.165) is 39.4 Å². The van der Waals surface area contributed by atoms with Crippen molar-refractivity contribution in [3.8, 4) is 0 Å². The van der Waals surface area contributed by atoms with Crippen molar-refractivity contribution >= 4 is 0 Å². The van der Waals surface area contributed by atoms with Gasteiger partial charge in [-0.05, 0) is 38.3 Å². The van der Waals surface area contributed by atoms with Crippen molar-refractivity contribution in [2.24, 2.45) is 11.3 Å². The van der Waals surface area contributed by atoms with Gasteiger partial charge in [0.2, 0.25) is 0 Å². The molecule has 2 unspecified atom stereocenters. The minimum atomic E-state index is 0.310. The SMILES string of the molecule is COC1CCCN(CC2(CNCC(C)C)CCOC2)C1. The average molecular weight is 284 g/mol. The van der Waals surface area contributed by atoms with Crippen LogP contribution < -0.4 is 5.32 Å². The summed E-state index contributed by atoms with van der Waals surface area (Å²) in [6.45, 7) is 12.0. The van der Waals surface area contributed by atoms with Crippen LogP contribution in [-0.4, -0.2) is 64.1 Å². The van der Waals surface area contributed by atoms with E-state index in [2.05, 4.69) is 24.1 Å². The number of nitrogens with one attached hydrogen (secondary N) is 1. The van der Waals surface area contributed by atoms with Crippen LogP contribution in [0.3, 0.4) is 0 Å². The number of hydrogen-bond donors (Lipinski definition) is 1. The van der Waals surface area contributed by atoms with Crippen molar-refractivity contribution in [1.29, 1.82) is 0 Å². The molecule has 20 heavy (non-hydrogen) atoms. The molecule has 2 saturated heterocycles. The van der Waals surface area contributed by atoms with Gasteiger partial charge in [-0.1, -0.05) is 13.8 Å². The fourth-order valence-corrected chi connectivity index (χ4v) is 3.42. The van der Waals surface area contributed by atoms with Crippen LogP contribution in [0.1, 0.15) is 33.1 Å². The smallest absolute Gasteiger partial charge is 0.0698 e. The van der Waals surface area contributed by atoms with Gasteiger partial charge in [0.15, 0.2) is 0 Å². The van der Waals surface area contributed by atoms with Crippen molar-refractivity contribution in [1.82, 2.24) is 10.2 Å². The Morgan fingerprint density at radius 1 is 1.45 bits per heavy atom. The van der Waals surface area contributed by atoms with Crippen molar-refractivity contribution in [3.63, 3.8) is 0 Å². The molecule has 0 bridgehead atoms. The summed E-state index contributed by atoms with van der Waals surface area (Å²) in [4.78, 5) is 2.59. The number of hydrogen-bond acceptors (Lipinski definition) is 4. The Morgan fingerprint density at radius 3 is 2.95 bits per heavy atom. The molecule has 2 atom stereocenters. The number of rotatable bonds is 7. The van der Waals surface area contributed by atoms with Crippen LogP contribution in [-0.2, 0) is 9.47 Å². The van der Waals surface area contributed by atoms with Gasteiger partial charge >= 0.3 is 0 Å². The molecule has 0 aromatic rings. The topological polar surface area (TPSA) is 33.7 Å². The first kappa shape index (κ1) is 16.2. The summed E-state index contributed by atoms with van der Waals surface area (Å²) >= 11 is 0. The van der Waals surface area contributed by atoms with Gasteiger partial charge in [0.1, 0.15) is 0 Å². The molecule has 118 valence electrons. The lowest BCUT2D eigenvalue weighted by Crippen LogP contribution is -2.49. The Kier molecular flexibility index (Phi) is 6.27. The molecule has 0 saturated carbocycles. The monoisotopic (exact) mass is 284 g/mol. The molecule has 1 N–H and O–H groups in total. The molecule has 2 heterocycles.